The van der Waals surface area contributed by atoms with Crippen LogP contribution in [-0.2, 0) is 0 Å². The van der Waals surface area contributed by atoms with Crippen molar-refractivity contribution in [3.8, 4) is 22.4 Å². The topological polar surface area (TPSA) is 25.8 Å². The van der Waals surface area contributed by atoms with E-state index in [9.17, 15) is 0 Å². The maximum absolute atomic E-state index is 4.64. The number of benzene rings is 3. The van der Waals surface area contributed by atoms with E-state index in [0.717, 1.165) is 22.6 Å². The number of fused-ring (bicyclic) bond motifs is 1. The van der Waals surface area contributed by atoms with Gasteiger partial charge >= 0.3 is 0 Å². The van der Waals surface area contributed by atoms with Gasteiger partial charge in [-0.1, -0.05) is 66.7 Å². The highest BCUT2D eigenvalue weighted by Gasteiger charge is 2.11. The molecular formula is C22H18N2. The molecular weight excluding hydrogens is 292 g/mol. The third-order valence-corrected chi connectivity index (χ3v) is 4.33. The maximum Gasteiger partial charge on any atom is 0.0920 e. The molecule has 0 bridgehead atoms. The molecule has 0 aliphatic rings. The van der Waals surface area contributed by atoms with Crippen molar-refractivity contribution < 1.29 is 0 Å². The van der Waals surface area contributed by atoms with Crippen LogP contribution in [0.1, 0.15) is 11.4 Å². The summed E-state index contributed by atoms with van der Waals surface area (Å²) in [7, 11) is 0. The largest absolute Gasteiger partial charge is 0.255 e. The fourth-order valence-corrected chi connectivity index (χ4v) is 3.25. The van der Waals surface area contributed by atoms with Gasteiger partial charge in [-0.2, -0.15) is 0 Å². The second-order valence-electron chi connectivity index (χ2n) is 6.02. The molecule has 0 fully saturated rings. The summed E-state index contributed by atoms with van der Waals surface area (Å²) in [6, 6.07) is 23.4. The smallest absolute Gasteiger partial charge is 0.0920 e. The lowest BCUT2D eigenvalue weighted by Crippen LogP contribution is -1.95. The third kappa shape index (κ3) is 2.46. The van der Waals surface area contributed by atoms with Crippen LogP contribution in [0.3, 0.4) is 0 Å². The molecule has 0 N–H and O–H groups in total. The number of rotatable bonds is 2. The number of hydrogen-bond acceptors (Lipinski definition) is 2. The van der Waals surface area contributed by atoms with Crippen LogP contribution in [0.4, 0.5) is 0 Å². The number of aromatic nitrogens is 2. The van der Waals surface area contributed by atoms with E-state index in [4.69, 9.17) is 0 Å². The van der Waals surface area contributed by atoms with Gasteiger partial charge in [-0.3, -0.25) is 9.97 Å². The van der Waals surface area contributed by atoms with Crippen LogP contribution in [0.15, 0.2) is 72.9 Å². The number of nitrogens with zero attached hydrogens (tertiary/aromatic N) is 2. The average Bonchev–Trinajstić information content (AvgIpc) is 2.62. The van der Waals surface area contributed by atoms with Crippen molar-refractivity contribution in [2.75, 3.05) is 0 Å². The molecule has 0 aliphatic heterocycles. The van der Waals surface area contributed by atoms with E-state index in [1.54, 1.807) is 0 Å². The Hall–Kier alpha value is -3.00. The SMILES string of the molecule is Cc1cnc(-c2cccc3c(-c4ccccc4)cccc23)c(C)n1. The van der Waals surface area contributed by atoms with Gasteiger partial charge < -0.3 is 0 Å². The molecule has 2 nitrogen and oxygen atoms in total. The average molecular weight is 310 g/mol. The standard InChI is InChI=1S/C22H18N2/c1-15-14-23-22(16(2)24-15)21-13-7-11-19-18(10-6-12-20(19)21)17-8-4-3-5-9-17/h3-14H,1-2H3. The van der Waals surface area contributed by atoms with E-state index >= 15 is 0 Å². The van der Waals surface area contributed by atoms with E-state index in [2.05, 4.69) is 70.6 Å². The molecule has 0 aliphatic carbocycles. The van der Waals surface area contributed by atoms with Crippen LogP contribution in [0.25, 0.3) is 33.2 Å². The highest BCUT2D eigenvalue weighted by atomic mass is 14.8. The lowest BCUT2D eigenvalue weighted by Gasteiger charge is -2.12. The highest BCUT2D eigenvalue weighted by Crippen LogP contribution is 2.34. The van der Waals surface area contributed by atoms with E-state index in [-0.39, 0.29) is 0 Å². The van der Waals surface area contributed by atoms with Crippen molar-refractivity contribution in [2.45, 2.75) is 13.8 Å². The summed E-state index contributed by atoms with van der Waals surface area (Å²) in [6.07, 6.45) is 1.84. The van der Waals surface area contributed by atoms with Crippen molar-refractivity contribution in [2.24, 2.45) is 0 Å². The van der Waals surface area contributed by atoms with Crippen LogP contribution < -0.4 is 0 Å². The van der Waals surface area contributed by atoms with Gasteiger partial charge in [0.2, 0.25) is 0 Å². The minimum absolute atomic E-state index is 0.946. The Morgan fingerprint density at radius 1 is 0.667 bits per heavy atom. The Bertz CT molecular complexity index is 1020. The fraction of sp³-hybridized carbons (Fsp3) is 0.0909. The van der Waals surface area contributed by atoms with Crippen molar-refractivity contribution in [3.63, 3.8) is 0 Å². The molecule has 0 unspecified atom stereocenters. The second kappa shape index (κ2) is 5.89. The molecule has 24 heavy (non-hydrogen) atoms. The van der Waals surface area contributed by atoms with Crippen molar-refractivity contribution in [3.05, 3.63) is 84.3 Å². The van der Waals surface area contributed by atoms with Gasteiger partial charge in [-0.15, -0.1) is 0 Å². The molecule has 0 amide bonds. The van der Waals surface area contributed by atoms with Crippen molar-refractivity contribution in [1.82, 2.24) is 9.97 Å². The highest BCUT2D eigenvalue weighted by molar-refractivity contribution is 6.04. The predicted octanol–water partition coefficient (Wildman–Crippen LogP) is 5.58. The van der Waals surface area contributed by atoms with Crippen LogP contribution in [0, 0.1) is 13.8 Å². The van der Waals surface area contributed by atoms with Gasteiger partial charge in [0.05, 0.1) is 17.1 Å². The lowest BCUT2D eigenvalue weighted by molar-refractivity contribution is 1.06. The van der Waals surface area contributed by atoms with E-state index < -0.39 is 0 Å². The molecule has 1 heterocycles. The summed E-state index contributed by atoms with van der Waals surface area (Å²) in [6.45, 7) is 4.00. The number of hydrogen-bond donors (Lipinski definition) is 0. The molecule has 0 saturated heterocycles. The van der Waals surface area contributed by atoms with Gasteiger partial charge in [0.15, 0.2) is 0 Å². The Balaban J connectivity index is 2.00. The normalized spacial score (nSPS) is 10.9. The molecule has 116 valence electrons. The Labute approximate surface area is 141 Å². The molecule has 0 atom stereocenters. The zero-order valence-corrected chi connectivity index (χ0v) is 13.8. The summed E-state index contributed by atoms with van der Waals surface area (Å²) < 4.78 is 0. The molecule has 0 spiro atoms. The van der Waals surface area contributed by atoms with Gasteiger partial charge in [0, 0.05) is 11.8 Å². The van der Waals surface area contributed by atoms with Gasteiger partial charge in [0.25, 0.3) is 0 Å². The maximum atomic E-state index is 4.64. The summed E-state index contributed by atoms with van der Waals surface area (Å²) in [5, 5.41) is 2.45. The molecule has 3 aromatic carbocycles. The van der Waals surface area contributed by atoms with Crippen molar-refractivity contribution in [1.29, 1.82) is 0 Å². The monoisotopic (exact) mass is 310 g/mol. The molecule has 4 aromatic rings. The lowest BCUT2D eigenvalue weighted by atomic mass is 9.94. The fourth-order valence-electron chi connectivity index (χ4n) is 3.25. The minimum Gasteiger partial charge on any atom is -0.255 e. The first-order valence-corrected chi connectivity index (χ1v) is 8.12. The first-order chi connectivity index (χ1) is 11.7. The minimum atomic E-state index is 0.946. The first-order valence-electron chi connectivity index (χ1n) is 8.12. The Kier molecular flexibility index (Phi) is 3.58. The second-order valence-corrected chi connectivity index (χ2v) is 6.02. The van der Waals surface area contributed by atoms with Crippen molar-refractivity contribution >= 4 is 10.8 Å². The van der Waals surface area contributed by atoms with E-state index in [1.165, 1.54) is 21.9 Å². The summed E-state index contributed by atoms with van der Waals surface area (Å²) in [5.41, 5.74) is 6.47. The van der Waals surface area contributed by atoms with E-state index in [0.29, 0.717) is 0 Å². The predicted molar refractivity (Wildman–Crippen MR) is 99.9 cm³/mol. The van der Waals surface area contributed by atoms with Crippen LogP contribution in [-0.4, -0.2) is 9.97 Å². The zero-order valence-electron chi connectivity index (χ0n) is 13.8. The van der Waals surface area contributed by atoms with Gasteiger partial charge in [-0.25, -0.2) is 0 Å². The van der Waals surface area contributed by atoms with Gasteiger partial charge in [0.1, 0.15) is 0 Å². The molecule has 2 heteroatoms. The summed E-state index contributed by atoms with van der Waals surface area (Å²) in [4.78, 5) is 9.21. The number of aryl methyl sites for hydroxylation is 2. The molecule has 1 aromatic heterocycles. The van der Waals surface area contributed by atoms with Crippen LogP contribution >= 0.6 is 0 Å². The summed E-state index contributed by atoms with van der Waals surface area (Å²) >= 11 is 0. The van der Waals surface area contributed by atoms with Gasteiger partial charge in [-0.05, 0) is 35.7 Å². The van der Waals surface area contributed by atoms with E-state index in [1.807, 2.05) is 26.1 Å². The molecule has 0 radical (unpaired) electrons. The van der Waals surface area contributed by atoms with Crippen LogP contribution in [0.5, 0.6) is 0 Å². The molecule has 0 saturated carbocycles. The van der Waals surface area contributed by atoms with Crippen LogP contribution in [0.2, 0.25) is 0 Å². The summed E-state index contributed by atoms with van der Waals surface area (Å²) in [5.74, 6) is 0. The molecule has 4 rings (SSSR count). The zero-order chi connectivity index (χ0) is 16.5. The Morgan fingerprint density at radius 3 is 2.04 bits per heavy atom. The quantitative estimate of drug-likeness (QED) is 0.483. The third-order valence-electron chi connectivity index (χ3n) is 4.33. The Morgan fingerprint density at radius 2 is 1.33 bits per heavy atom. The first kappa shape index (κ1) is 14.6.